The van der Waals surface area contributed by atoms with Crippen molar-refractivity contribution in [2.45, 2.75) is 31.7 Å². The molecule has 0 radical (unpaired) electrons. The van der Waals surface area contributed by atoms with Gasteiger partial charge in [-0.1, -0.05) is 12.1 Å². The number of anilines is 2. The summed E-state index contributed by atoms with van der Waals surface area (Å²) in [5.74, 6) is 0.490. The van der Waals surface area contributed by atoms with Gasteiger partial charge in [-0.15, -0.1) is 5.10 Å². The minimum absolute atomic E-state index is 0.145. The van der Waals surface area contributed by atoms with Crippen molar-refractivity contribution in [3.05, 3.63) is 53.3 Å². The highest BCUT2D eigenvalue weighted by atomic mass is 19.4. The largest absolute Gasteiger partial charge is 0.416 e. The van der Waals surface area contributed by atoms with Gasteiger partial charge in [0, 0.05) is 18.5 Å². The van der Waals surface area contributed by atoms with Crippen LogP contribution in [-0.4, -0.2) is 65.5 Å². The monoisotopic (exact) mass is 472 g/mol. The van der Waals surface area contributed by atoms with Gasteiger partial charge in [0.2, 0.25) is 0 Å². The molecule has 180 valence electrons. The third kappa shape index (κ3) is 4.27. The van der Waals surface area contributed by atoms with Gasteiger partial charge in [-0.2, -0.15) is 18.3 Å². The first-order valence-corrected chi connectivity index (χ1v) is 11.3. The lowest BCUT2D eigenvalue weighted by atomic mass is 9.91. The molecule has 2 fully saturated rings. The Morgan fingerprint density at radius 1 is 1.15 bits per heavy atom. The number of aromatic nitrogens is 3. The number of pyridine rings is 1. The van der Waals surface area contributed by atoms with Crippen molar-refractivity contribution >= 4 is 22.4 Å². The van der Waals surface area contributed by atoms with Gasteiger partial charge in [0.05, 0.1) is 54.4 Å². The quantitative estimate of drug-likeness (QED) is 0.615. The Morgan fingerprint density at radius 3 is 2.68 bits per heavy atom. The predicted octanol–water partition coefficient (Wildman–Crippen LogP) is 4.05. The lowest BCUT2D eigenvalue weighted by Gasteiger charge is -2.54. The number of alkyl halides is 3. The summed E-state index contributed by atoms with van der Waals surface area (Å²) in [4.78, 5) is 9.15. The maximum absolute atomic E-state index is 13.2. The first-order valence-electron chi connectivity index (χ1n) is 11.3. The van der Waals surface area contributed by atoms with Crippen LogP contribution in [0.25, 0.3) is 10.9 Å². The average molecular weight is 473 g/mol. The lowest BCUT2D eigenvalue weighted by molar-refractivity contribution is -0.137. The molecule has 4 heterocycles. The number of morpholine rings is 1. The number of nitrogens with one attached hydrogen (secondary N) is 1. The second kappa shape index (κ2) is 8.35. The van der Waals surface area contributed by atoms with Gasteiger partial charge in [0.15, 0.2) is 5.82 Å². The van der Waals surface area contributed by atoms with Crippen molar-refractivity contribution in [3.8, 4) is 0 Å². The molecule has 0 amide bonds. The van der Waals surface area contributed by atoms with Crippen molar-refractivity contribution in [1.29, 1.82) is 0 Å². The molecule has 0 saturated carbocycles. The van der Waals surface area contributed by atoms with Crippen molar-refractivity contribution < 1.29 is 17.9 Å². The Kier molecular flexibility index (Phi) is 5.60. The number of nitrogens with zero attached hydrogens (tertiary/aromatic N) is 5. The van der Waals surface area contributed by atoms with Gasteiger partial charge in [0.1, 0.15) is 5.60 Å². The van der Waals surface area contributed by atoms with Crippen LogP contribution in [0.2, 0.25) is 0 Å². The molecular formula is C24H27F3N6O. The molecule has 1 spiro atoms. The Bertz CT molecular complexity index is 1210. The average Bonchev–Trinajstić information content (AvgIpc) is 2.78. The topological polar surface area (TPSA) is 66.4 Å². The van der Waals surface area contributed by atoms with E-state index in [0.29, 0.717) is 22.6 Å². The van der Waals surface area contributed by atoms with Gasteiger partial charge in [0.25, 0.3) is 0 Å². The van der Waals surface area contributed by atoms with E-state index in [9.17, 15) is 13.2 Å². The van der Waals surface area contributed by atoms with Gasteiger partial charge in [-0.05, 0) is 44.7 Å². The van der Waals surface area contributed by atoms with Gasteiger partial charge in [-0.3, -0.25) is 4.98 Å². The number of rotatable bonds is 4. The molecule has 10 heteroatoms. The fourth-order valence-electron chi connectivity index (χ4n) is 4.76. The molecule has 0 aliphatic carbocycles. The summed E-state index contributed by atoms with van der Waals surface area (Å²) in [5, 5.41) is 12.5. The van der Waals surface area contributed by atoms with Crippen molar-refractivity contribution in [2.24, 2.45) is 0 Å². The van der Waals surface area contributed by atoms with Crippen LogP contribution in [0, 0.1) is 6.92 Å². The molecule has 1 atom stereocenters. The lowest BCUT2D eigenvalue weighted by Crippen LogP contribution is -2.70. The number of hydrogen-bond acceptors (Lipinski definition) is 7. The standard InChI is InChI=1S/C24H27F3N6O/c1-15(17-5-4-6-18(9-17)24(25,26)27)29-22-20-10-19(11-28-21(20)16(2)30-31-22)33-13-23(14-33)12-32(3)7-8-34-23/h4-6,9-11,15H,7-8,12-14H2,1-3H3,(H,29,31)/t15-/m1/s1. The summed E-state index contributed by atoms with van der Waals surface area (Å²) in [6.45, 7) is 7.78. The number of likely N-dealkylation sites (N-methyl/N-ethyl adjacent to an activating group) is 1. The zero-order valence-electron chi connectivity index (χ0n) is 19.4. The normalized spacial score (nSPS) is 19.3. The van der Waals surface area contributed by atoms with Crippen LogP contribution in [0.15, 0.2) is 36.5 Å². The maximum atomic E-state index is 13.2. The van der Waals surface area contributed by atoms with E-state index in [1.807, 2.05) is 19.2 Å². The third-order valence-electron chi connectivity index (χ3n) is 6.60. The van der Waals surface area contributed by atoms with Crippen molar-refractivity contribution in [2.75, 3.05) is 50.1 Å². The number of hydrogen-bond donors (Lipinski definition) is 1. The zero-order valence-corrected chi connectivity index (χ0v) is 19.4. The predicted molar refractivity (Wildman–Crippen MR) is 124 cm³/mol. The second-order valence-corrected chi connectivity index (χ2v) is 9.34. The summed E-state index contributed by atoms with van der Waals surface area (Å²) < 4.78 is 45.5. The number of aryl methyl sites for hydroxylation is 1. The maximum Gasteiger partial charge on any atom is 0.416 e. The van der Waals surface area contributed by atoms with E-state index in [1.165, 1.54) is 6.07 Å². The zero-order chi connectivity index (χ0) is 24.1. The van der Waals surface area contributed by atoms with E-state index in [-0.39, 0.29) is 5.60 Å². The summed E-state index contributed by atoms with van der Waals surface area (Å²) in [6.07, 6.45) is -2.56. The van der Waals surface area contributed by atoms with Crippen LogP contribution in [-0.2, 0) is 10.9 Å². The van der Waals surface area contributed by atoms with Crippen LogP contribution in [0.3, 0.4) is 0 Å². The van der Waals surface area contributed by atoms with Gasteiger partial charge in [-0.25, -0.2) is 0 Å². The molecule has 2 saturated heterocycles. The Hall–Kier alpha value is -2.98. The Balaban J connectivity index is 1.40. The summed E-state index contributed by atoms with van der Waals surface area (Å²) in [6, 6.07) is 6.92. The summed E-state index contributed by atoms with van der Waals surface area (Å²) >= 11 is 0. The molecule has 1 aromatic carbocycles. The molecule has 34 heavy (non-hydrogen) atoms. The van der Waals surface area contributed by atoms with Gasteiger partial charge >= 0.3 is 6.18 Å². The molecule has 2 aliphatic rings. The highest BCUT2D eigenvalue weighted by Crippen LogP contribution is 2.36. The van der Waals surface area contributed by atoms with E-state index >= 15 is 0 Å². The Morgan fingerprint density at radius 2 is 1.94 bits per heavy atom. The van der Waals surface area contributed by atoms with Crippen LogP contribution in [0.1, 0.15) is 29.8 Å². The minimum atomic E-state index is -4.39. The number of benzene rings is 1. The summed E-state index contributed by atoms with van der Waals surface area (Å²) in [5.41, 5.74) is 2.05. The molecule has 2 aromatic heterocycles. The summed E-state index contributed by atoms with van der Waals surface area (Å²) in [7, 11) is 2.11. The van der Waals surface area contributed by atoms with E-state index in [2.05, 4.69) is 37.3 Å². The molecule has 3 aromatic rings. The van der Waals surface area contributed by atoms with E-state index in [1.54, 1.807) is 13.0 Å². The second-order valence-electron chi connectivity index (χ2n) is 9.34. The molecular weight excluding hydrogens is 445 g/mol. The first kappa shape index (κ1) is 22.8. The molecule has 1 N–H and O–H groups in total. The molecule has 2 aliphatic heterocycles. The van der Waals surface area contributed by atoms with Crippen LogP contribution in [0.4, 0.5) is 24.7 Å². The smallest absolute Gasteiger partial charge is 0.369 e. The minimum Gasteiger partial charge on any atom is -0.369 e. The Labute approximate surface area is 195 Å². The highest BCUT2D eigenvalue weighted by molar-refractivity contribution is 5.92. The fourth-order valence-corrected chi connectivity index (χ4v) is 4.76. The first-order chi connectivity index (χ1) is 16.1. The van der Waals surface area contributed by atoms with Crippen molar-refractivity contribution in [1.82, 2.24) is 20.1 Å². The molecule has 0 unspecified atom stereocenters. The van der Waals surface area contributed by atoms with Crippen LogP contribution in [0.5, 0.6) is 0 Å². The molecule has 0 bridgehead atoms. The number of fused-ring (bicyclic) bond motifs is 1. The fraction of sp³-hybridized carbons (Fsp3) is 0.458. The third-order valence-corrected chi connectivity index (χ3v) is 6.60. The van der Waals surface area contributed by atoms with Crippen molar-refractivity contribution in [3.63, 3.8) is 0 Å². The highest BCUT2D eigenvalue weighted by Gasteiger charge is 2.46. The van der Waals surface area contributed by atoms with E-state index in [4.69, 9.17) is 4.74 Å². The van der Waals surface area contributed by atoms with Crippen LogP contribution < -0.4 is 10.2 Å². The molecule has 7 nitrogen and oxygen atoms in total. The van der Waals surface area contributed by atoms with E-state index < -0.39 is 17.8 Å². The molecule has 5 rings (SSSR count). The SMILES string of the molecule is Cc1nnc(N[C@H](C)c2cccc(C(F)(F)F)c2)c2cc(N3CC4(CN(C)CCO4)C3)cnc12. The van der Waals surface area contributed by atoms with Gasteiger partial charge < -0.3 is 19.9 Å². The van der Waals surface area contributed by atoms with Crippen LogP contribution >= 0.6 is 0 Å². The van der Waals surface area contributed by atoms with E-state index in [0.717, 1.165) is 56.0 Å². The number of ether oxygens (including phenoxy) is 1. The number of halogens is 3.